The monoisotopic (exact) mass is 234 g/mol. The molecule has 0 amide bonds. The molecule has 96 valence electrons. The number of rotatable bonds is 4. The van der Waals surface area contributed by atoms with E-state index in [0.717, 1.165) is 0 Å². The van der Waals surface area contributed by atoms with Crippen LogP contribution in [-0.4, -0.2) is 22.5 Å². The van der Waals surface area contributed by atoms with E-state index in [-0.39, 0.29) is 0 Å². The summed E-state index contributed by atoms with van der Waals surface area (Å²) in [6.45, 7) is 10.5. The summed E-state index contributed by atoms with van der Waals surface area (Å²) in [5.74, 6) is 0.686. The summed E-state index contributed by atoms with van der Waals surface area (Å²) in [5.41, 5.74) is 3.01. The molecule has 0 spiro atoms. The molecule has 0 aliphatic carbocycles. The quantitative estimate of drug-likeness (QED) is 0.840. The first-order valence-electron chi connectivity index (χ1n) is 7.10. The molecule has 1 N–H and O–H groups in total. The molecule has 0 bridgehead atoms. The van der Waals surface area contributed by atoms with Crippen molar-refractivity contribution in [3.05, 3.63) is 23.5 Å². The third-order valence-corrected chi connectivity index (χ3v) is 4.04. The Bertz CT molecular complexity index is 354. The summed E-state index contributed by atoms with van der Waals surface area (Å²) in [5, 5.41) is 0. The van der Waals surface area contributed by atoms with E-state index in [9.17, 15) is 0 Å². The van der Waals surface area contributed by atoms with Gasteiger partial charge in [0.1, 0.15) is 0 Å². The fourth-order valence-electron chi connectivity index (χ4n) is 3.33. The van der Waals surface area contributed by atoms with Crippen molar-refractivity contribution in [3.63, 3.8) is 0 Å². The molecule has 2 heterocycles. The number of fused-ring (bicyclic) bond motifs is 1. The standard InChI is InChI=1S/C15H26N2/c1-5-9-17-12(6-2)10-14-13(7-8-16-14)15(17)11(3)4/h7-8,11-12,15-16H,5-6,9-10H2,1-4H3/t12-,15-/m0/s1. The molecule has 1 aromatic heterocycles. The van der Waals surface area contributed by atoms with Crippen LogP contribution in [-0.2, 0) is 6.42 Å². The highest BCUT2D eigenvalue weighted by Crippen LogP contribution is 2.38. The van der Waals surface area contributed by atoms with Crippen LogP contribution < -0.4 is 0 Å². The zero-order chi connectivity index (χ0) is 12.4. The molecule has 0 saturated carbocycles. The van der Waals surface area contributed by atoms with E-state index in [1.54, 1.807) is 0 Å². The number of H-pyrrole nitrogens is 1. The molecular weight excluding hydrogens is 208 g/mol. The highest BCUT2D eigenvalue weighted by molar-refractivity contribution is 5.29. The predicted octanol–water partition coefficient (Wildman–Crippen LogP) is 3.76. The zero-order valence-corrected chi connectivity index (χ0v) is 11.7. The van der Waals surface area contributed by atoms with E-state index in [2.05, 4.69) is 49.8 Å². The summed E-state index contributed by atoms with van der Waals surface area (Å²) < 4.78 is 0. The molecule has 0 aromatic carbocycles. The molecule has 0 unspecified atom stereocenters. The van der Waals surface area contributed by atoms with Crippen molar-refractivity contribution in [2.75, 3.05) is 6.54 Å². The average molecular weight is 234 g/mol. The minimum absolute atomic E-state index is 0.606. The highest BCUT2D eigenvalue weighted by Gasteiger charge is 2.34. The Kier molecular flexibility index (Phi) is 3.93. The van der Waals surface area contributed by atoms with Gasteiger partial charge in [0.2, 0.25) is 0 Å². The van der Waals surface area contributed by atoms with E-state index in [4.69, 9.17) is 0 Å². The second kappa shape index (κ2) is 5.26. The molecule has 0 fully saturated rings. The summed E-state index contributed by atoms with van der Waals surface area (Å²) in [4.78, 5) is 6.18. The van der Waals surface area contributed by atoms with Crippen molar-refractivity contribution in [1.29, 1.82) is 0 Å². The Morgan fingerprint density at radius 1 is 1.41 bits per heavy atom. The van der Waals surface area contributed by atoms with Gasteiger partial charge in [0, 0.05) is 30.4 Å². The number of nitrogens with zero attached hydrogens (tertiary/aromatic N) is 1. The first kappa shape index (κ1) is 12.7. The van der Waals surface area contributed by atoms with Gasteiger partial charge in [-0.25, -0.2) is 0 Å². The molecule has 17 heavy (non-hydrogen) atoms. The topological polar surface area (TPSA) is 19.0 Å². The molecule has 2 atom stereocenters. The van der Waals surface area contributed by atoms with Crippen molar-refractivity contribution in [2.45, 2.75) is 59.0 Å². The van der Waals surface area contributed by atoms with Crippen molar-refractivity contribution in [3.8, 4) is 0 Å². The molecular formula is C15H26N2. The first-order valence-corrected chi connectivity index (χ1v) is 7.10. The van der Waals surface area contributed by atoms with Gasteiger partial charge in [-0.15, -0.1) is 0 Å². The molecule has 2 heteroatoms. The number of aromatic nitrogens is 1. The largest absolute Gasteiger partial charge is 0.365 e. The van der Waals surface area contributed by atoms with E-state index in [0.29, 0.717) is 18.0 Å². The summed E-state index contributed by atoms with van der Waals surface area (Å²) in [6.07, 6.45) is 5.81. The third kappa shape index (κ3) is 2.28. The Morgan fingerprint density at radius 2 is 2.18 bits per heavy atom. The molecule has 1 aliphatic heterocycles. The van der Waals surface area contributed by atoms with E-state index < -0.39 is 0 Å². The van der Waals surface area contributed by atoms with Gasteiger partial charge in [-0.3, -0.25) is 4.90 Å². The molecule has 1 aliphatic rings. The fraction of sp³-hybridized carbons (Fsp3) is 0.733. The maximum atomic E-state index is 3.44. The van der Waals surface area contributed by atoms with E-state index in [1.165, 1.54) is 37.1 Å². The summed E-state index contributed by atoms with van der Waals surface area (Å²) in [7, 11) is 0. The van der Waals surface area contributed by atoms with Gasteiger partial charge in [0.25, 0.3) is 0 Å². The van der Waals surface area contributed by atoms with Gasteiger partial charge < -0.3 is 4.98 Å². The lowest BCUT2D eigenvalue weighted by molar-refractivity contribution is 0.0829. The number of aromatic amines is 1. The van der Waals surface area contributed by atoms with Gasteiger partial charge >= 0.3 is 0 Å². The smallest absolute Gasteiger partial charge is 0.0391 e. The fourth-order valence-corrected chi connectivity index (χ4v) is 3.33. The van der Waals surface area contributed by atoms with Gasteiger partial charge in [-0.1, -0.05) is 27.7 Å². The van der Waals surface area contributed by atoms with Crippen LogP contribution in [0.2, 0.25) is 0 Å². The molecule has 0 saturated heterocycles. The van der Waals surface area contributed by atoms with Gasteiger partial charge in [-0.2, -0.15) is 0 Å². The normalized spacial score (nSPS) is 25.2. The average Bonchev–Trinajstić information content (AvgIpc) is 2.75. The lowest BCUT2D eigenvalue weighted by Crippen LogP contribution is -2.45. The molecule has 2 nitrogen and oxygen atoms in total. The lowest BCUT2D eigenvalue weighted by Gasteiger charge is -2.44. The number of hydrogen-bond acceptors (Lipinski definition) is 1. The van der Waals surface area contributed by atoms with E-state index >= 15 is 0 Å². The molecule has 2 rings (SSSR count). The highest BCUT2D eigenvalue weighted by atomic mass is 15.2. The molecule has 1 aromatic rings. The van der Waals surface area contributed by atoms with Crippen molar-refractivity contribution in [1.82, 2.24) is 9.88 Å². The second-order valence-corrected chi connectivity index (χ2v) is 5.60. The molecule has 0 radical (unpaired) electrons. The Hall–Kier alpha value is -0.760. The Balaban J connectivity index is 2.34. The van der Waals surface area contributed by atoms with Crippen LogP contribution in [0.15, 0.2) is 12.3 Å². The lowest BCUT2D eigenvalue weighted by atomic mass is 9.86. The van der Waals surface area contributed by atoms with Crippen molar-refractivity contribution in [2.24, 2.45) is 5.92 Å². The summed E-state index contributed by atoms with van der Waals surface area (Å²) >= 11 is 0. The van der Waals surface area contributed by atoms with Crippen LogP contribution in [0.1, 0.15) is 57.8 Å². The van der Waals surface area contributed by atoms with Crippen molar-refractivity contribution < 1.29 is 0 Å². The van der Waals surface area contributed by atoms with Gasteiger partial charge in [-0.05, 0) is 36.9 Å². The maximum absolute atomic E-state index is 3.44. The Morgan fingerprint density at radius 3 is 2.76 bits per heavy atom. The minimum atomic E-state index is 0.606. The SMILES string of the molecule is CCCN1[C@@H](CC)Cc2[nH]ccc2[C@@H]1C(C)C. The number of hydrogen-bond donors (Lipinski definition) is 1. The van der Waals surface area contributed by atoms with Crippen molar-refractivity contribution >= 4 is 0 Å². The predicted molar refractivity (Wildman–Crippen MR) is 73.2 cm³/mol. The van der Waals surface area contributed by atoms with Crippen LogP contribution in [0.25, 0.3) is 0 Å². The van der Waals surface area contributed by atoms with Crippen LogP contribution >= 0.6 is 0 Å². The Labute approximate surface area is 105 Å². The van der Waals surface area contributed by atoms with Crippen LogP contribution in [0.5, 0.6) is 0 Å². The van der Waals surface area contributed by atoms with Gasteiger partial charge in [0.15, 0.2) is 0 Å². The second-order valence-electron chi connectivity index (χ2n) is 5.60. The zero-order valence-electron chi connectivity index (χ0n) is 11.7. The van der Waals surface area contributed by atoms with E-state index in [1.807, 2.05) is 0 Å². The van der Waals surface area contributed by atoms with Crippen LogP contribution in [0.4, 0.5) is 0 Å². The van der Waals surface area contributed by atoms with Crippen LogP contribution in [0.3, 0.4) is 0 Å². The van der Waals surface area contributed by atoms with Crippen LogP contribution in [0, 0.1) is 5.92 Å². The number of nitrogens with one attached hydrogen (secondary N) is 1. The first-order chi connectivity index (χ1) is 8.19. The van der Waals surface area contributed by atoms with Gasteiger partial charge in [0.05, 0.1) is 0 Å². The minimum Gasteiger partial charge on any atom is -0.365 e. The maximum Gasteiger partial charge on any atom is 0.0391 e. The summed E-state index contributed by atoms with van der Waals surface area (Å²) in [6, 6.07) is 3.61. The third-order valence-electron chi connectivity index (χ3n) is 4.04.